The number of alkyl halides is 3. The number of hydrogen-bond acceptors (Lipinski definition) is 2. The molecule has 0 N–H and O–H groups in total. The number of benzene rings is 1. The van der Waals surface area contributed by atoms with Gasteiger partial charge in [0.2, 0.25) is 0 Å². The minimum Gasteiger partial charge on any atom is -0.466 e. The van der Waals surface area contributed by atoms with Crippen LogP contribution in [0.25, 0.3) is 0 Å². The fraction of sp³-hybridized carbons (Fsp3) is 0.333. The number of hydrogen-bond donors (Lipinski definition) is 0. The molecule has 2 nitrogen and oxygen atoms in total. The van der Waals surface area contributed by atoms with E-state index >= 15 is 0 Å². The lowest BCUT2D eigenvalue weighted by Gasteiger charge is -2.10. The second kappa shape index (κ2) is 4.72. The highest BCUT2D eigenvalue weighted by Crippen LogP contribution is 2.34. The zero-order chi connectivity index (χ0) is 11.5. The molecule has 0 atom stereocenters. The molecule has 0 radical (unpaired) electrons. The van der Waals surface area contributed by atoms with Crippen LogP contribution in [0.15, 0.2) is 18.2 Å². The van der Waals surface area contributed by atoms with Crippen LogP contribution >= 0.6 is 11.6 Å². The first-order valence-electron chi connectivity index (χ1n) is 3.93. The van der Waals surface area contributed by atoms with Crippen LogP contribution in [0.1, 0.15) is 5.56 Å². The third-order valence-electron chi connectivity index (χ3n) is 1.59. The molecule has 0 unspecified atom stereocenters. The van der Waals surface area contributed by atoms with E-state index in [1.165, 1.54) is 7.11 Å². The molecule has 0 aliphatic heterocycles. The molecule has 0 saturated heterocycles. The smallest absolute Gasteiger partial charge is 0.416 e. The van der Waals surface area contributed by atoms with E-state index < -0.39 is 11.7 Å². The van der Waals surface area contributed by atoms with Crippen LogP contribution in [0.3, 0.4) is 0 Å². The van der Waals surface area contributed by atoms with E-state index in [4.69, 9.17) is 16.3 Å². The van der Waals surface area contributed by atoms with Gasteiger partial charge in [-0.3, -0.25) is 0 Å². The topological polar surface area (TPSA) is 18.5 Å². The predicted octanol–water partition coefficient (Wildman–Crippen LogP) is 3.34. The average molecular weight is 241 g/mol. The Morgan fingerprint density at radius 3 is 2.47 bits per heavy atom. The van der Waals surface area contributed by atoms with Crippen molar-refractivity contribution in [1.29, 1.82) is 0 Å². The largest absolute Gasteiger partial charge is 0.466 e. The molecule has 1 rings (SSSR count). The third kappa shape index (κ3) is 3.28. The highest BCUT2D eigenvalue weighted by molar-refractivity contribution is 6.32. The molecule has 84 valence electrons. The van der Waals surface area contributed by atoms with Crippen LogP contribution in [-0.2, 0) is 10.9 Å². The molecule has 15 heavy (non-hydrogen) atoms. The van der Waals surface area contributed by atoms with Gasteiger partial charge in [-0.2, -0.15) is 13.2 Å². The van der Waals surface area contributed by atoms with Crippen molar-refractivity contribution in [2.24, 2.45) is 0 Å². The molecule has 0 amide bonds. The Balaban J connectivity index is 2.88. The van der Waals surface area contributed by atoms with Gasteiger partial charge >= 0.3 is 6.18 Å². The van der Waals surface area contributed by atoms with Gasteiger partial charge in [-0.25, -0.2) is 0 Å². The average Bonchev–Trinajstić information content (AvgIpc) is 2.14. The minimum absolute atomic E-state index is 0.0644. The molecular weight excluding hydrogens is 233 g/mol. The van der Waals surface area contributed by atoms with Gasteiger partial charge in [-0.05, 0) is 18.2 Å². The summed E-state index contributed by atoms with van der Waals surface area (Å²) >= 11 is 5.59. The molecule has 0 heterocycles. The summed E-state index contributed by atoms with van der Waals surface area (Å²) in [7, 11) is 1.40. The van der Waals surface area contributed by atoms with Gasteiger partial charge in [0.25, 0.3) is 0 Å². The van der Waals surface area contributed by atoms with E-state index in [0.29, 0.717) is 0 Å². The third-order valence-corrected chi connectivity index (χ3v) is 1.89. The van der Waals surface area contributed by atoms with Crippen LogP contribution in [0.4, 0.5) is 13.2 Å². The second-order valence-corrected chi connectivity index (χ2v) is 3.10. The summed E-state index contributed by atoms with van der Waals surface area (Å²) in [6.45, 7) is -0.0644. The van der Waals surface area contributed by atoms with Gasteiger partial charge in [-0.1, -0.05) is 11.6 Å². The van der Waals surface area contributed by atoms with E-state index in [9.17, 15) is 13.2 Å². The molecule has 0 bridgehead atoms. The van der Waals surface area contributed by atoms with E-state index in [1.807, 2.05) is 0 Å². The molecule has 1 aromatic rings. The Bertz CT molecular complexity index is 339. The summed E-state index contributed by atoms with van der Waals surface area (Å²) in [5.74, 6) is 0.159. The van der Waals surface area contributed by atoms with E-state index in [0.717, 1.165) is 18.2 Å². The second-order valence-electron chi connectivity index (χ2n) is 2.69. The molecule has 6 heteroatoms. The first-order valence-corrected chi connectivity index (χ1v) is 4.31. The van der Waals surface area contributed by atoms with Crippen molar-refractivity contribution < 1.29 is 22.6 Å². The monoisotopic (exact) mass is 240 g/mol. The summed E-state index contributed by atoms with van der Waals surface area (Å²) in [5.41, 5.74) is -0.808. The quantitative estimate of drug-likeness (QED) is 0.755. The van der Waals surface area contributed by atoms with Crippen molar-refractivity contribution in [3.8, 4) is 5.75 Å². The first-order chi connectivity index (χ1) is 6.95. The lowest BCUT2D eigenvalue weighted by molar-refractivity contribution is -0.137. The molecule has 0 aromatic heterocycles. The molecule has 1 aromatic carbocycles. The first kappa shape index (κ1) is 12.1. The van der Waals surface area contributed by atoms with Crippen LogP contribution in [0.5, 0.6) is 5.75 Å². The lowest BCUT2D eigenvalue weighted by atomic mass is 10.2. The van der Waals surface area contributed by atoms with E-state index in [2.05, 4.69) is 4.74 Å². The summed E-state index contributed by atoms with van der Waals surface area (Å²) < 4.78 is 46.2. The van der Waals surface area contributed by atoms with Gasteiger partial charge in [0, 0.05) is 7.11 Å². The molecular formula is C9H8ClF3O2. The lowest BCUT2D eigenvalue weighted by Crippen LogP contribution is -2.05. The maximum atomic E-state index is 12.2. The predicted molar refractivity (Wildman–Crippen MR) is 49.0 cm³/mol. The maximum Gasteiger partial charge on any atom is 0.416 e. The highest BCUT2D eigenvalue weighted by atomic mass is 35.5. The van der Waals surface area contributed by atoms with Crippen LogP contribution in [-0.4, -0.2) is 13.9 Å². The van der Waals surface area contributed by atoms with Gasteiger partial charge < -0.3 is 9.47 Å². The fourth-order valence-electron chi connectivity index (χ4n) is 0.917. The van der Waals surface area contributed by atoms with Crippen molar-refractivity contribution in [2.45, 2.75) is 6.18 Å². The van der Waals surface area contributed by atoms with Crippen molar-refractivity contribution in [2.75, 3.05) is 13.9 Å². The SMILES string of the molecule is COCOc1ccc(C(F)(F)F)cc1Cl. The Kier molecular flexibility index (Phi) is 3.82. The molecule has 0 aliphatic rings. The zero-order valence-electron chi connectivity index (χ0n) is 7.77. The molecule has 0 spiro atoms. The molecule has 0 fully saturated rings. The highest BCUT2D eigenvalue weighted by Gasteiger charge is 2.30. The van der Waals surface area contributed by atoms with E-state index in [1.54, 1.807) is 0 Å². The van der Waals surface area contributed by atoms with Crippen LogP contribution in [0.2, 0.25) is 5.02 Å². The molecule has 0 aliphatic carbocycles. The van der Waals surface area contributed by atoms with Crippen molar-refractivity contribution in [1.82, 2.24) is 0 Å². The van der Waals surface area contributed by atoms with Crippen LogP contribution in [0, 0.1) is 0 Å². The van der Waals surface area contributed by atoms with E-state index in [-0.39, 0.29) is 17.6 Å². The summed E-state index contributed by atoms with van der Waals surface area (Å²) in [4.78, 5) is 0. The standard InChI is InChI=1S/C9H8ClF3O2/c1-14-5-15-8-3-2-6(4-7(8)10)9(11,12)13/h2-4H,5H2,1H3. The maximum absolute atomic E-state index is 12.2. The van der Waals surface area contributed by atoms with Crippen molar-refractivity contribution in [3.63, 3.8) is 0 Å². The van der Waals surface area contributed by atoms with Crippen LogP contribution < -0.4 is 4.74 Å². The molecule has 0 saturated carbocycles. The number of methoxy groups -OCH3 is 1. The Morgan fingerprint density at radius 2 is 2.00 bits per heavy atom. The van der Waals surface area contributed by atoms with Crippen molar-refractivity contribution >= 4 is 11.6 Å². The zero-order valence-corrected chi connectivity index (χ0v) is 8.52. The Labute approximate surface area is 89.6 Å². The van der Waals surface area contributed by atoms with Gasteiger partial charge in [0.05, 0.1) is 10.6 Å². The number of ether oxygens (including phenoxy) is 2. The summed E-state index contributed by atoms with van der Waals surface area (Å²) in [5, 5.41) is -0.0955. The van der Waals surface area contributed by atoms with Gasteiger partial charge in [-0.15, -0.1) is 0 Å². The number of halogens is 4. The Morgan fingerprint density at radius 1 is 1.33 bits per heavy atom. The minimum atomic E-state index is -4.40. The summed E-state index contributed by atoms with van der Waals surface area (Å²) in [6, 6.07) is 2.87. The normalized spacial score (nSPS) is 11.5. The van der Waals surface area contributed by atoms with Crippen molar-refractivity contribution in [3.05, 3.63) is 28.8 Å². The number of rotatable bonds is 3. The van der Waals surface area contributed by atoms with Gasteiger partial charge in [0.15, 0.2) is 6.79 Å². The fourth-order valence-corrected chi connectivity index (χ4v) is 1.15. The summed E-state index contributed by atoms with van der Waals surface area (Å²) in [6.07, 6.45) is -4.40. The van der Waals surface area contributed by atoms with Gasteiger partial charge in [0.1, 0.15) is 5.75 Å². The Hall–Kier alpha value is -0.940.